The summed E-state index contributed by atoms with van der Waals surface area (Å²) in [7, 11) is 0. The van der Waals surface area contributed by atoms with Crippen LogP contribution < -0.4 is 0 Å². The number of aryl methyl sites for hydroxylation is 2. The van der Waals surface area contributed by atoms with Crippen LogP contribution >= 0.6 is 34.5 Å². The van der Waals surface area contributed by atoms with Gasteiger partial charge in [-0.2, -0.15) is 0 Å². The Morgan fingerprint density at radius 3 is 2.12 bits per heavy atom. The van der Waals surface area contributed by atoms with Gasteiger partial charge in [0.25, 0.3) is 0 Å². The lowest BCUT2D eigenvalue weighted by molar-refractivity contribution is 0.104. The lowest BCUT2D eigenvalue weighted by Gasteiger charge is -2.02. The summed E-state index contributed by atoms with van der Waals surface area (Å²) in [5.41, 5.74) is 1.53. The molecule has 2 aromatic rings. The molecule has 0 aliphatic rings. The molecule has 0 saturated heterocycles. The molecule has 1 nitrogen and oxygen atoms in total. The van der Waals surface area contributed by atoms with Crippen molar-refractivity contribution >= 4 is 40.3 Å². The fraction of sp³-hybridized carbons (Fsp3) is 0.154. The third-order valence-electron chi connectivity index (χ3n) is 2.37. The molecule has 0 spiro atoms. The minimum absolute atomic E-state index is 0.0231. The molecular weight excluding hydrogens is 275 g/mol. The Morgan fingerprint density at radius 1 is 1.06 bits per heavy atom. The Kier molecular flexibility index (Phi) is 3.57. The van der Waals surface area contributed by atoms with E-state index in [4.69, 9.17) is 23.2 Å². The molecule has 0 atom stereocenters. The quantitative estimate of drug-likeness (QED) is 0.717. The SMILES string of the molecule is Cc1cc(C)c(C(=O)c2cc(Cl)cc(Cl)c2)s1. The van der Waals surface area contributed by atoms with Crippen LogP contribution in [-0.2, 0) is 0 Å². The van der Waals surface area contributed by atoms with E-state index in [2.05, 4.69) is 0 Å². The zero-order valence-electron chi connectivity index (χ0n) is 9.38. The molecule has 17 heavy (non-hydrogen) atoms. The Labute approximate surface area is 114 Å². The van der Waals surface area contributed by atoms with Gasteiger partial charge in [0.15, 0.2) is 0 Å². The van der Waals surface area contributed by atoms with Crippen LogP contribution in [0.1, 0.15) is 25.7 Å². The van der Waals surface area contributed by atoms with Crippen molar-refractivity contribution in [1.82, 2.24) is 0 Å². The molecule has 0 amide bonds. The zero-order valence-corrected chi connectivity index (χ0v) is 11.7. The fourth-order valence-corrected chi connectivity index (χ4v) is 3.20. The summed E-state index contributed by atoms with van der Waals surface area (Å²) in [6, 6.07) is 6.91. The van der Waals surface area contributed by atoms with Gasteiger partial charge in [-0.25, -0.2) is 0 Å². The zero-order chi connectivity index (χ0) is 12.6. The third kappa shape index (κ3) is 2.71. The molecule has 2 rings (SSSR count). The van der Waals surface area contributed by atoms with Crippen LogP contribution in [0.15, 0.2) is 24.3 Å². The molecule has 0 aliphatic carbocycles. The first-order valence-electron chi connectivity index (χ1n) is 5.05. The van der Waals surface area contributed by atoms with E-state index in [9.17, 15) is 4.79 Å². The van der Waals surface area contributed by atoms with Crippen molar-refractivity contribution in [2.75, 3.05) is 0 Å². The third-order valence-corrected chi connectivity index (χ3v) is 3.96. The van der Waals surface area contributed by atoms with Crippen molar-refractivity contribution < 1.29 is 4.79 Å². The molecule has 0 aliphatic heterocycles. The van der Waals surface area contributed by atoms with Crippen LogP contribution in [0.5, 0.6) is 0 Å². The number of benzene rings is 1. The van der Waals surface area contributed by atoms with E-state index in [1.807, 2.05) is 19.9 Å². The number of carbonyl (C=O) groups excluding carboxylic acids is 1. The van der Waals surface area contributed by atoms with Gasteiger partial charge in [0.2, 0.25) is 5.78 Å². The van der Waals surface area contributed by atoms with Gasteiger partial charge < -0.3 is 0 Å². The lowest BCUT2D eigenvalue weighted by Crippen LogP contribution is -2.00. The Hall–Kier alpha value is -0.830. The molecule has 1 heterocycles. The van der Waals surface area contributed by atoms with Gasteiger partial charge in [0.05, 0.1) is 4.88 Å². The number of rotatable bonds is 2. The summed E-state index contributed by atoms with van der Waals surface area (Å²) in [6.07, 6.45) is 0. The van der Waals surface area contributed by atoms with E-state index in [1.54, 1.807) is 18.2 Å². The summed E-state index contributed by atoms with van der Waals surface area (Å²) in [5.74, 6) is -0.0231. The van der Waals surface area contributed by atoms with E-state index in [0.29, 0.717) is 15.6 Å². The molecule has 0 bridgehead atoms. The molecule has 1 aromatic carbocycles. The molecule has 0 fully saturated rings. The maximum Gasteiger partial charge on any atom is 0.203 e. The van der Waals surface area contributed by atoms with Crippen molar-refractivity contribution in [3.05, 3.63) is 55.2 Å². The first kappa shape index (κ1) is 12.6. The van der Waals surface area contributed by atoms with Crippen molar-refractivity contribution in [3.63, 3.8) is 0 Å². The molecule has 0 unspecified atom stereocenters. The van der Waals surface area contributed by atoms with Gasteiger partial charge in [-0.1, -0.05) is 23.2 Å². The second-order valence-electron chi connectivity index (χ2n) is 3.86. The van der Waals surface area contributed by atoms with Crippen LogP contribution in [-0.4, -0.2) is 5.78 Å². The van der Waals surface area contributed by atoms with Crippen LogP contribution in [0, 0.1) is 13.8 Å². The first-order chi connectivity index (χ1) is 7.97. The van der Waals surface area contributed by atoms with Crippen LogP contribution in [0.4, 0.5) is 0 Å². The van der Waals surface area contributed by atoms with E-state index in [0.717, 1.165) is 15.3 Å². The van der Waals surface area contributed by atoms with Gasteiger partial charge in [-0.05, 0) is 43.7 Å². The minimum Gasteiger partial charge on any atom is -0.288 e. The van der Waals surface area contributed by atoms with E-state index >= 15 is 0 Å². The maximum atomic E-state index is 12.3. The van der Waals surface area contributed by atoms with Gasteiger partial charge in [-0.15, -0.1) is 11.3 Å². The summed E-state index contributed by atoms with van der Waals surface area (Å²) in [6.45, 7) is 3.92. The summed E-state index contributed by atoms with van der Waals surface area (Å²) in [5, 5.41) is 0.957. The average Bonchev–Trinajstić information content (AvgIpc) is 2.55. The highest BCUT2D eigenvalue weighted by Crippen LogP contribution is 2.26. The average molecular weight is 285 g/mol. The van der Waals surface area contributed by atoms with Gasteiger partial charge >= 0.3 is 0 Å². The van der Waals surface area contributed by atoms with E-state index in [-0.39, 0.29) is 5.78 Å². The topological polar surface area (TPSA) is 17.1 Å². The molecule has 0 radical (unpaired) electrons. The highest BCUT2D eigenvalue weighted by atomic mass is 35.5. The largest absolute Gasteiger partial charge is 0.288 e. The lowest BCUT2D eigenvalue weighted by atomic mass is 10.1. The highest BCUT2D eigenvalue weighted by Gasteiger charge is 2.15. The monoisotopic (exact) mass is 284 g/mol. The summed E-state index contributed by atoms with van der Waals surface area (Å²) >= 11 is 13.3. The molecule has 0 N–H and O–H groups in total. The predicted octanol–water partition coefficient (Wildman–Crippen LogP) is 4.90. The van der Waals surface area contributed by atoms with E-state index < -0.39 is 0 Å². The Balaban J connectivity index is 2.47. The van der Waals surface area contributed by atoms with Crippen molar-refractivity contribution in [3.8, 4) is 0 Å². The minimum atomic E-state index is -0.0231. The standard InChI is InChI=1S/C13H10Cl2OS/c1-7-3-8(2)17-13(7)12(16)9-4-10(14)6-11(15)5-9/h3-6H,1-2H3. The van der Waals surface area contributed by atoms with Crippen molar-refractivity contribution in [1.29, 1.82) is 0 Å². The summed E-state index contributed by atoms with van der Waals surface area (Å²) in [4.78, 5) is 14.2. The number of ketones is 1. The highest BCUT2D eigenvalue weighted by molar-refractivity contribution is 7.14. The first-order valence-corrected chi connectivity index (χ1v) is 6.62. The fourth-order valence-electron chi connectivity index (χ4n) is 1.68. The number of thiophene rings is 1. The van der Waals surface area contributed by atoms with Crippen molar-refractivity contribution in [2.24, 2.45) is 0 Å². The molecule has 4 heteroatoms. The molecule has 0 saturated carbocycles. The van der Waals surface area contributed by atoms with Crippen LogP contribution in [0.2, 0.25) is 10.0 Å². The summed E-state index contributed by atoms with van der Waals surface area (Å²) < 4.78 is 0. The maximum absolute atomic E-state index is 12.3. The van der Waals surface area contributed by atoms with Crippen LogP contribution in [0.3, 0.4) is 0 Å². The van der Waals surface area contributed by atoms with Crippen LogP contribution in [0.25, 0.3) is 0 Å². The second kappa shape index (κ2) is 4.81. The Morgan fingerprint density at radius 2 is 1.65 bits per heavy atom. The van der Waals surface area contributed by atoms with Crippen molar-refractivity contribution in [2.45, 2.75) is 13.8 Å². The number of hydrogen-bond donors (Lipinski definition) is 0. The van der Waals surface area contributed by atoms with Gasteiger partial charge in [-0.3, -0.25) is 4.79 Å². The van der Waals surface area contributed by atoms with Gasteiger partial charge in [0.1, 0.15) is 0 Å². The van der Waals surface area contributed by atoms with Gasteiger partial charge in [0, 0.05) is 20.5 Å². The molecule has 1 aromatic heterocycles. The molecule has 88 valence electrons. The number of carbonyl (C=O) groups is 1. The molecular formula is C13H10Cl2OS. The van der Waals surface area contributed by atoms with E-state index in [1.165, 1.54) is 11.3 Å². The second-order valence-corrected chi connectivity index (χ2v) is 5.99. The number of hydrogen-bond acceptors (Lipinski definition) is 2. The Bertz CT molecular complexity index is 567. The smallest absolute Gasteiger partial charge is 0.203 e. The predicted molar refractivity (Wildman–Crippen MR) is 73.7 cm³/mol. The normalized spacial score (nSPS) is 10.6. The number of halogens is 2.